The van der Waals surface area contributed by atoms with Crippen molar-refractivity contribution in [2.75, 3.05) is 5.32 Å². The molecular weight excluding hydrogens is 225 g/mol. The van der Waals surface area contributed by atoms with Crippen LogP contribution in [0.25, 0.3) is 0 Å². The third-order valence-electron chi connectivity index (χ3n) is 2.04. The zero-order valence-electron chi connectivity index (χ0n) is 9.45. The van der Waals surface area contributed by atoms with Crippen LogP contribution in [0.2, 0.25) is 0 Å². The van der Waals surface area contributed by atoms with Crippen LogP contribution in [0.1, 0.15) is 13.8 Å². The normalized spacial score (nSPS) is 9.59. The number of carboxylic acid groups (broad SMARTS) is 1. The second-order valence-electron chi connectivity index (χ2n) is 3.64. The Bertz CT molecular complexity index is 473. The Morgan fingerprint density at radius 2 is 1.71 bits per heavy atom. The molecule has 17 heavy (non-hydrogen) atoms. The zero-order chi connectivity index (χ0) is 13.0. The van der Waals surface area contributed by atoms with Crippen molar-refractivity contribution >= 4 is 17.6 Å². The van der Waals surface area contributed by atoms with Crippen molar-refractivity contribution < 1.29 is 19.1 Å². The summed E-state index contributed by atoms with van der Waals surface area (Å²) in [5.41, 5.74) is 0.433. The summed E-state index contributed by atoms with van der Waals surface area (Å²) in [5.74, 6) is -2.43. The molecule has 0 bridgehead atoms. The predicted molar refractivity (Wildman–Crippen MR) is 61.0 cm³/mol. The summed E-state index contributed by atoms with van der Waals surface area (Å²) in [6.07, 6.45) is 0. The van der Waals surface area contributed by atoms with Gasteiger partial charge in [0.2, 0.25) is 0 Å². The summed E-state index contributed by atoms with van der Waals surface area (Å²) in [7, 11) is 0. The maximum Gasteiger partial charge on any atom is 0.341 e. The first-order chi connectivity index (χ1) is 7.91. The number of anilines is 1. The monoisotopic (exact) mass is 237 g/mol. The van der Waals surface area contributed by atoms with Gasteiger partial charge in [0.25, 0.3) is 5.91 Å². The summed E-state index contributed by atoms with van der Waals surface area (Å²) in [6.45, 7) is 3.07. The smallest absolute Gasteiger partial charge is 0.341 e. The van der Waals surface area contributed by atoms with Crippen LogP contribution in [-0.2, 0) is 9.59 Å². The van der Waals surface area contributed by atoms with Gasteiger partial charge >= 0.3 is 5.97 Å². The molecule has 0 atom stereocenters. The number of hydrogen-bond acceptors (Lipinski definition) is 2. The second-order valence-corrected chi connectivity index (χ2v) is 3.64. The molecule has 0 aliphatic heterocycles. The molecule has 2 N–H and O–H groups in total. The van der Waals surface area contributed by atoms with E-state index in [1.54, 1.807) is 0 Å². The Labute approximate surface area is 97.8 Å². The van der Waals surface area contributed by atoms with Crippen LogP contribution in [0.3, 0.4) is 0 Å². The van der Waals surface area contributed by atoms with Crippen LogP contribution < -0.4 is 5.32 Å². The molecule has 1 aromatic carbocycles. The Hall–Kier alpha value is -2.17. The Balaban J connectivity index is 2.89. The molecule has 0 saturated heterocycles. The molecule has 4 nitrogen and oxygen atoms in total. The minimum absolute atomic E-state index is 0.311. The lowest BCUT2D eigenvalue weighted by molar-refractivity contribution is -0.134. The van der Waals surface area contributed by atoms with E-state index < -0.39 is 17.7 Å². The Morgan fingerprint density at radius 3 is 2.12 bits per heavy atom. The number of hydrogen-bond donors (Lipinski definition) is 2. The molecule has 0 spiro atoms. The lowest BCUT2D eigenvalue weighted by Gasteiger charge is -2.07. The van der Waals surface area contributed by atoms with Crippen LogP contribution in [-0.4, -0.2) is 17.0 Å². The standard InChI is InChI=1S/C12H12FNO3/c1-7(2)10(12(16)17)11(15)14-9-5-3-8(13)4-6-9/h3-6H,1-2H3,(H,14,15)(H,16,17). The quantitative estimate of drug-likeness (QED) is 0.481. The fraction of sp³-hybridized carbons (Fsp3) is 0.167. The lowest BCUT2D eigenvalue weighted by Crippen LogP contribution is -2.21. The zero-order valence-corrected chi connectivity index (χ0v) is 9.45. The molecule has 0 aliphatic rings. The number of nitrogens with one attached hydrogen (secondary N) is 1. The second kappa shape index (κ2) is 5.25. The minimum atomic E-state index is -1.29. The van der Waals surface area contributed by atoms with Gasteiger partial charge in [-0.15, -0.1) is 0 Å². The van der Waals surface area contributed by atoms with Crippen molar-refractivity contribution in [2.24, 2.45) is 0 Å². The summed E-state index contributed by atoms with van der Waals surface area (Å²) < 4.78 is 12.6. The molecule has 0 aliphatic carbocycles. The van der Waals surface area contributed by atoms with Gasteiger partial charge in [-0.3, -0.25) is 4.79 Å². The van der Waals surface area contributed by atoms with Crippen molar-refractivity contribution in [3.8, 4) is 0 Å². The largest absolute Gasteiger partial charge is 0.477 e. The maximum absolute atomic E-state index is 12.6. The molecule has 1 aromatic rings. The number of carbonyl (C=O) groups is 2. The molecule has 0 saturated carbocycles. The van der Waals surface area contributed by atoms with Crippen LogP contribution in [0, 0.1) is 5.82 Å². The van der Waals surface area contributed by atoms with Crippen molar-refractivity contribution in [3.63, 3.8) is 0 Å². The highest BCUT2D eigenvalue weighted by atomic mass is 19.1. The number of carbonyl (C=O) groups excluding carboxylic acids is 1. The number of rotatable bonds is 3. The molecule has 0 unspecified atom stereocenters. The number of halogens is 1. The molecule has 1 rings (SSSR count). The maximum atomic E-state index is 12.6. The van der Waals surface area contributed by atoms with Gasteiger partial charge in [0.15, 0.2) is 0 Å². The van der Waals surface area contributed by atoms with E-state index in [-0.39, 0.29) is 5.57 Å². The number of benzene rings is 1. The Morgan fingerprint density at radius 1 is 1.18 bits per heavy atom. The van der Waals surface area contributed by atoms with Crippen LogP contribution in [0.15, 0.2) is 35.4 Å². The van der Waals surface area contributed by atoms with Gasteiger partial charge in [0, 0.05) is 5.69 Å². The molecular formula is C12H12FNO3. The molecule has 1 amide bonds. The fourth-order valence-electron chi connectivity index (χ4n) is 1.26. The molecule has 0 radical (unpaired) electrons. The first-order valence-corrected chi connectivity index (χ1v) is 4.89. The minimum Gasteiger partial charge on any atom is -0.477 e. The summed E-state index contributed by atoms with van der Waals surface area (Å²) in [5, 5.41) is 11.2. The van der Waals surface area contributed by atoms with E-state index >= 15 is 0 Å². The van der Waals surface area contributed by atoms with E-state index in [0.29, 0.717) is 11.3 Å². The SMILES string of the molecule is CC(C)=C(C(=O)O)C(=O)Nc1ccc(F)cc1. The highest BCUT2D eigenvalue weighted by Crippen LogP contribution is 2.11. The van der Waals surface area contributed by atoms with Gasteiger partial charge < -0.3 is 10.4 Å². The van der Waals surface area contributed by atoms with Crippen LogP contribution >= 0.6 is 0 Å². The van der Waals surface area contributed by atoms with Gasteiger partial charge in [-0.05, 0) is 38.1 Å². The van der Waals surface area contributed by atoms with Gasteiger partial charge in [0.1, 0.15) is 11.4 Å². The lowest BCUT2D eigenvalue weighted by atomic mass is 10.1. The molecule has 0 heterocycles. The number of amides is 1. The highest BCUT2D eigenvalue weighted by molar-refractivity contribution is 6.20. The van der Waals surface area contributed by atoms with Crippen LogP contribution in [0.5, 0.6) is 0 Å². The number of aliphatic carboxylic acids is 1. The van der Waals surface area contributed by atoms with E-state index in [1.165, 1.54) is 38.1 Å². The van der Waals surface area contributed by atoms with E-state index in [4.69, 9.17) is 5.11 Å². The first kappa shape index (κ1) is 12.9. The van der Waals surface area contributed by atoms with E-state index in [2.05, 4.69) is 5.32 Å². The summed E-state index contributed by atoms with van der Waals surface area (Å²) in [4.78, 5) is 22.5. The average molecular weight is 237 g/mol. The van der Waals surface area contributed by atoms with Gasteiger partial charge in [0.05, 0.1) is 0 Å². The Kier molecular flexibility index (Phi) is 3.98. The van der Waals surface area contributed by atoms with E-state index in [0.717, 1.165) is 0 Å². The van der Waals surface area contributed by atoms with Gasteiger partial charge in [-0.1, -0.05) is 5.57 Å². The van der Waals surface area contributed by atoms with Crippen molar-refractivity contribution in [2.45, 2.75) is 13.8 Å². The van der Waals surface area contributed by atoms with Gasteiger partial charge in [-0.2, -0.15) is 0 Å². The molecule has 0 fully saturated rings. The topological polar surface area (TPSA) is 66.4 Å². The fourth-order valence-corrected chi connectivity index (χ4v) is 1.26. The van der Waals surface area contributed by atoms with E-state index in [1.807, 2.05) is 0 Å². The third-order valence-corrected chi connectivity index (χ3v) is 2.04. The summed E-state index contributed by atoms with van der Waals surface area (Å²) >= 11 is 0. The molecule has 5 heteroatoms. The summed E-state index contributed by atoms with van der Waals surface area (Å²) in [6, 6.07) is 5.08. The van der Waals surface area contributed by atoms with Crippen LogP contribution in [0.4, 0.5) is 10.1 Å². The van der Waals surface area contributed by atoms with Crippen molar-refractivity contribution in [1.29, 1.82) is 0 Å². The molecule has 90 valence electrons. The highest BCUT2D eigenvalue weighted by Gasteiger charge is 2.18. The van der Waals surface area contributed by atoms with Crippen molar-refractivity contribution in [3.05, 3.63) is 41.2 Å². The van der Waals surface area contributed by atoms with Crippen molar-refractivity contribution in [1.82, 2.24) is 0 Å². The average Bonchev–Trinajstić information content (AvgIpc) is 2.20. The number of carboxylic acids is 1. The third kappa shape index (κ3) is 3.41. The van der Waals surface area contributed by atoms with Gasteiger partial charge in [-0.25, -0.2) is 9.18 Å². The molecule has 0 aromatic heterocycles. The predicted octanol–water partition coefficient (Wildman–Crippen LogP) is 2.19. The first-order valence-electron chi connectivity index (χ1n) is 4.89. The van der Waals surface area contributed by atoms with E-state index in [9.17, 15) is 14.0 Å². The number of allylic oxidation sites excluding steroid dienone is 1.